The minimum absolute atomic E-state index is 0.193. The van der Waals surface area contributed by atoms with Gasteiger partial charge in [-0.1, -0.05) is 115 Å². The lowest BCUT2D eigenvalue weighted by Crippen LogP contribution is -2.18. The van der Waals surface area contributed by atoms with Crippen LogP contribution in [0, 0.1) is 6.92 Å². The van der Waals surface area contributed by atoms with Crippen molar-refractivity contribution in [3.8, 4) is 0 Å². The molecule has 1 atom stereocenters. The first-order valence-electron chi connectivity index (χ1n) is 11.1. The molecule has 0 radical (unpaired) electrons. The summed E-state index contributed by atoms with van der Waals surface area (Å²) in [7, 11) is 0. The normalized spacial score (nSPS) is 15.8. The summed E-state index contributed by atoms with van der Waals surface area (Å²) in [5.74, 6) is 0. The second-order valence-electron chi connectivity index (χ2n) is 8.22. The van der Waals surface area contributed by atoms with Gasteiger partial charge in [-0.2, -0.15) is 5.10 Å². The van der Waals surface area contributed by atoms with E-state index in [0.29, 0.717) is 0 Å². The molecule has 32 heavy (non-hydrogen) atoms. The summed E-state index contributed by atoms with van der Waals surface area (Å²) >= 11 is 0. The van der Waals surface area contributed by atoms with Gasteiger partial charge in [-0.15, -0.1) is 0 Å². The van der Waals surface area contributed by atoms with Gasteiger partial charge in [0.15, 0.2) is 0 Å². The van der Waals surface area contributed by atoms with Crippen LogP contribution in [-0.4, -0.2) is 5.71 Å². The molecule has 2 heteroatoms. The van der Waals surface area contributed by atoms with Crippen LogP contribution in [0.4, 0.5) is 5.69 Å². The predicted molar refractivity (Wildman–Crippen MR) is 136 cm³/mol. The maximum atomic E-state index is 5.07. The molecule has 1 aliphatic heterocycles. The summed E-state index contributed by atoms with van der Waals surface area (Å²) in [6, 6.07) is 38.6. The van der Waals surface area contributed by atoms with E-state index >= 15 is 0 Å². The highest BCUT2D eigenvalue weighted by Crippen LogP contribution is 2.36. The first-order valence-corrected chi connectivity index (χ1v) is 11.1. The van der Waals surface area contributed by atoms with E-state index in [0.717, 1.165) is 17.8 Å². The van der Waals surface area contributed by atoms with Crippen molar-refractivity contribution in [3.05, 3.63) is 137 Å². The van der Waals surface area contributed by atoms with Crippen molar-refractivity contribution in [3.63, 3.8) is 0 Å². The molecule has 0 amide bonds. The van der Waals surface area contributed by atoms with Gasteiger partial charge in [0.2, 0.25) is 0 Å². The van der Waals surface area contributed by atoms with Crippen LogP contribution in [0.2, 0.25) is 0 Å². The average Bonchev–Trinajstić information content (AvgIpc) is 3.30. The molecule has 0 aromatic heterocycles. The van der Waals surface area contributed by atoms with Crippen LogP contribution in [0.1, 0.15) is 40.3 Å². The molecule has 1 heterocycles. The van der Waals surface area contributed by atoms with Crippen molar-refractivity contribution in [2.75, 3.05) is 5.01 Å². The maximum absolute atomic E-state index is 5.07. The zero-order valence-electron chi connectivity index (χ0n) is 18.2. The highest BCUT2D eigenvalue weighted by atomic mass is 15.5. The summed E-state index contributed by atoms with van der Waals surface area (Å²) in [5, 5.41) is 7.25. The van der Waals surface area contributed by atoms with E-state index in [9.17, 15) is 0 Å². The molecular weight excluding hydrogens is 388 g/mol. The molecule has 5 rings (SSSR count). The van der Waals surface area contributed by atoms with Gasteiger partial charge in [-0.25, -0.2) is 0 Å². The quantitative estimate of drug-likeness (QED) is 0.308. The SMILES string of the molecule is Cc1ccc(C2=NN(c3ccc(/C=C/c4ccccc4)cc3)C(c3ccccc3)C2)cc1. The van der Waals surface area contributed by atoms with E-state index < -0.39 is 0 Å². The molecule has 1 aliphatic rings. The molecule has 0 bridgehead atoms. The summed E-state index contributed by atoms with van der Waals surface area (Å²) < 4.78 is 0. The van der Waals surface area contributed by atoms with Crippen LogP contribution in [0.15, 0.2) is 114 Å². The van der Waals surface area contributed by atoms with Crippen molar-refractivity contribution in [2.45, 2.75) is 19.4 Å². The molecule has 1 unspecified atom stereocenters. The van der Waals surface area contributed by atoms with Crippen LogP contribution < -0.4 is 5.01 Å². The lowest BCUT2D eigenvalue weighted by molar-refractivity contribution is 0.709. The molecule has 0 fully saturated rings. The first kappa shape index (κ1) is 20.0. The Morgan fingerprint density at radius 3 is 1.94 bits per heavy atom. The Labute approximate surface area is 190 Å². The second-order valence-corrected chi connectivity index (χ2v) is 8.22. The topological polar surface area (TPSA) is 15.6 Å². The average molecular weight is 415 g/mol. The number of nitrogens with zero attached hydrogens (tertiary/aromatic N) is 2. The van der Waals surface area contributed by atoms with Gasteiger partial charge < -0.3 is 0 Å². The third-order valence-corrected chi connectivity index (χ3v) is 5.90. The molecule has 0 N–H and O–H groups in total. The van der Waals surface area contributed by atoms with Crippen LogP contribution in [-0.2, 0) is 0 Å². The fourth-order valence-corrected chi connectivity index (χ4v) is 4.10. The van der Waals surface area contributed by atoms with E-state index in [1.807, 2.05) is 6.07 Å². The Morgan fingerprint density at radius 2 is 1.28 bits per heavy atom. The van der Waals surface area contributed by atoms with E-state index in [1.54, 1.807) is 0 Å². The standard InChI is InChI=1S/C30H26N2/c1-23-12-18-26(19-13-23)29-22-30(27-10-6-3-7-11-27)32(31-29)28-20-16-25(17-21-28)15-14-24-8-4-2-5-9-24/h2-21,30H,22H2,1H3/b15-14+. The Balaban J connectivity index is 1.44. The predicted octanol–water partition coefficient (Wildman–Crippen LogP) is 7.52. The van der Waals surface area contributed by atoms with Crippen molar-refractivity contribution in [1.82, 2.24) is 0 Å². The maximum Gasteiger partial charge on any atom is 0.0831 e. The summed E-state index contributed by atoms with van der Waals surface area (Å²) in [6.07, 6.45) is 5.19. The third-order valence-electron chi connectivity index (χ3n) is 5.90. The molecule has 0 saturated carbocycles. The largest absolute Gasteiger partial charge is 0.257 e. The highest BCUT2D eigenvalue weighted by Gasteiger charge is 2.29. The Bertz CT molecular complexity index is 1220. The van der Waals surface area contributed by atoms with Gasteiger partial charge in [0.25, 0.3) is 0 Å². The zero-order chi connectivity index (χ0) is 21.8. The molecule has 156 valence electrons. The summed E-state index contributed by atoms with van der Waals surface area (Å²) in [6.45, 7) is 2.12. The lowest BCUT2D eigenvalue weighted by Gasteiger charge is -2.24. The smallest absolute Gasteiger partial charge is 0.0831 e. The zero-order valence-corrected chi connectivity index (χ0v) is 18.2. The molecule has 2 nitrogen and oxygen atoms in total. The highest BCUT2D eigenvalue weighted by molar-refractivity contribution is 6.03. The van der Waals surface area contributed by atoms with Gasteiger partial charge in [-0.05, 0) is 41.3 Å². The van der Waals surface area contributed by atoms with Crippen molar-refractivity contribution < 1.29 is 0 Å². The van der Waals surface area contributed by atoms with Crippen molar-refractivity contribution in [1.29, 1.82) is 0 Å². The van der Waals surface area contributed by atoms with E-state index in [4.69, 9.17) is 5.10 Å². The summed E-state index contributed by atoms with van der Waals surface area (Å²) in [5.41, 5.74) is 8.36. The molecule has 0 saturated heterocycles. The van der Waals surface area contributed by atoms with Crippen LogP contribution >= 0.6 is 0 Å². The van der Waals surface area contributed by atoms with E-state index in [-0.39, 0.29) is 6.04 Å². The third kappa shape index (κ3) is 4.40. The van der Waals surface area contributed by atoms with Gasteiger partial charge in [0, 0.05) is 6.42 Å². The van der Waals surface area contributed by atoms with Crippen molar-refractivity contribution in [2.24, 2.45) is 5.10 Å². The fraction of sp³-hybridized carbons (Fsp3) is 0.100. The van der Waals surface area contributed by atoms with Gasteiger partial charge in [-0.3, -0.25) is 5.01 Å². The number of hydrogen-bond donors (Lipinski definition) is 0. The number of hydrazone groups is 1. The minimum Gasteiger partial charge on any atom is -0.257 e. The number of rotatable bonds is 5. The molecule has 0 spiro atoms. The molecule has 4 aromatic rings. The Hall–Kier alpha value is -3.91. The molecular formula is C30H26N2. The Morgan fingerprint density at radius 1 is 0.688 bits per heavy atom. The number of aryl methyl sites for hydroxylation is 1. The second kappa shape index (κ2) is 9.07. The van der Waals surface area contributed by atoms with E-state index in [2.05, 4.69) is 127 Å². The van der Waals surface area contributed by atoms with Gasteiger partial charge in [0.1, 0.15) is 0 Å². The van der Waals surface area contributed by atoms with Crippen LogP contribution in [0.3, 0.4) is 0 Å². The molecule has 4 aromatic carbocycles. The van der Waals surface area contributed by atoms with Gasteiger partial charge >= 0.3 is 0 Å². The first-order chi connectivity index (χ1) is 15.8. The molecule has 0 aliphatic carbocycles. The van der Waals surface area contributed by atoms with Crippen LogP contribution in [0.25, 0.3) is 12.2 Å². The monoisotopic (exact) mass is 414 g/mol. The fourth-order valence-electron chi connectivity index (χ4n) is 4.10. The number of benzene rings is 4. The van der Waals surface area contributed by atoms with Gasteiger partial charge in [0.05, 0.1) is 17.4 Å². The minimum atomic E-state index is 0.193. The number of anilines is 1. The lowest BCUT2D eigenvalue weighted by atomic mass is 9.98. The number of hydrogen-bond acceptors (Lipinski definition) is 2. The van der Waals surface area contributed by atoms with E-state index in [1.165, 1.54) is 27.8 Å². The Kier molecular flexibility index (Phi) is 5.67. The summed E-state index contributed by atoms with van der Waals surface area (Å²) in [4.78, 5) is 0. The van der Waals surface area contributed by atoms with Crippen molar-refractivity contribution >= 4 is 23.6 Å². The van der Waals surface area contributed by atoms with Crippen LogP contribution in [0.5, 0.6) is 0 Å².